The van der Waals surface area contributed by atoms with Crippen LogP contribution in [0.5, 0.6) is 5.75 Å². The molecule has 1 aromatic heterocycles. The maximum absolute atomic E-state index is 8.88. The van der Waals surface area contributed by atoms with Crippen molar-refractivity contribution in [3.63, 3.8) is 0 Å². The summed E-state index contributed by atoms with van der Waals surface area (Å²) in [7, 11) is 0. The van der Waals surface area contributed by atoms with Crippen LogP contribution in [0.2, 0.25) is 5.02 Å². The number of nitriles is 1. The number of para-hydroxylation sites is 1. The number of nitrogens with zero attached hydrogens (tertiary/aromatic N) is 2. The van der Waals surface area contributed by atoms with Gasteiger partial charge in [-0.05, 0) is 12.5 Å². The molecule has 1 heterocycles. The molecule has 17 heavy (non-hydrogen) atoms. The van der Waals surface area contributed by atoms with Crippen molar-refractivity contribution < 1.29 is 4.74 Å². The van der Waals surface area contributed by atoms with E-state index >= 15 is 0 Å². The van der Waals surface area contributed by atoms with Gasteiger partial charge in [0.1, 0.15) is 17.3 Å². The molecule has 0 unspecified atom stereocenters. The molecule has 0 fully saturated rings. The molecule has 0 amide bonds. The van der Waals surface area contributed by atoms with E-state index in [0.717, 1.165) is 11.8 Å². The Balaban J connectivity index is 2.59. The Morgan fingerprint density at radius 2 is 2.29 bits per heavy atom. The second kappa shape index (κ2) is 5.03. The van der Waals surface area contributed by atoms with Crippen molar-refractivity contribution in [1.82, 2.24) is 4.98 Å². The Kier molecular flexibility index (Phi) is 3.46. The SMILES string of the molecule is CCCOc1cccc2c(Cl)c(C#N)cnc12. The minimum absolute atomic E-state index is 0.381. The highest BCUT2D eigenvalue weighted by Gasteiger charge is 2.09. The van der Waals surface area contributed by atoms with E-state index in [1.807, 2.05) is 31.2 Å². The van der Waals surface area contributed by atoms with Crippen molar-refractivity contribution in [2.45, 2.75) is 13.3 Å². The summed E-state index contributed by atoms with van der Waals surface area (Å²) in [4.78, 5) is 4.23. The monoisotopic (exact) mass is 246 g/mol. The third-order valence-corrected chi connectivity index (χ3v) is 2.78. The molecular formula is C13H11ClN2O. The smallest absolute Gasteiger partial charge is 0.145 e. The van der Waals surface area contributed by atoms with Crippen molar-refractivity contribution in [3.8, 4) is 11.8 Å². The molecule has 0 bridgehead atoms. The third kappa shape index (κ3) is 2.17. The first-order valence-corrected chi connectivity index (χ1v) is 5.75. The van der Waals surface area contributed by atoms with Crippen LogP contribution in [0.25, 0.3) is 10.9 Å². The number of rotatable bonds is 3. The molecule has 0 saturated heterocycles. The van der Waals surface area contributed by atoms with Crippen LogP contribution >= 0.6 is 11.6 Å². The minimum Gasteiger partial charge on any atom is -0.491 e. The number of fused-ring (bicyclic) bond motifs is 1. The summed E-state index contributed by atoms with van der Waals surface area (Å²) in [5.74, 6) is 0.704. The normalized spacial score (nSPS) is 10.2. The standard InChI is InChI=1S/C13H11ClN2O/c1-2-6-17-11-5-3-4-10-12(14)9(7-15)8-16-13(10)11/h3-5,8H,2,6H2,1H3. The van der Waals surface area contributed by atoms with Gasteiger partial charge in [-0.25, -0.2) is 0 Å². The van der Waals surface area contributed by atoms with Gasteiger partial charge in [0.2, 0.25) is 0 Å². The van der Waals surface area contributed by atoms with Crippen LogP contribution in [0, 0.1) is 11.3 Å². The first-order chi connectivity index (χ1) is 8.27. The average Bonchev–Trinajstić information content (AvgIpc) is 2.37. The molecule has 0 radical (unpaired) electrons. The minimum atomic E-state index is 0.381. The molecule has 86 valence electrons. The van der Waals surface area contributed by atoms with E-state index in [4.69, 9.17) is 21.6 Å². The van der Waals surface area contributed by atoms with Gasteiger partial charge in [0.25, 0.3) is 0 Å². The highest BCUT2D eigenvalue weighted by Crippen LogP contribution is 2.30. The van der Waals surface area contributed by atoms with Gasteiger partial charge in [-0.1, -0.05) is 30.7 Å². The van der Waals surface area contributed by atoms with Gasteiger partial charge in [0.05, 0.1) is 17.2 Å². The second-order valence-corrected chi connectivity index (χ2v) is 3.98. The van der Waals surface area contributed by atoms with Crippen molar-refractivity contribution in [3.05, 3.63) is 35.0 Å². The molecule has 1 aromatic carbocycles. The molecule has 0 aliphatic heterocycles. The lowest BCUT2D eigenvalue weighted by atomic mass is 10.1. The fourth-order valence-electron chi connectivity index (χ4n) is 1.57. The summed E-state index contributed by atoms with van der Waals surface area (Å²) in [6.45, 7) is 2.68. The van der Waals surface area contributed by atoms with Gasteiger partial charge in [0.15, 0.2) is 0 Å². The molecule has 2 aromatic rings. The lowest BCUT2D eigenvalue weighted by Gasteiger charge is -2.08. The van der Waals surface area contributed by atoms with E-state index in [-0.39, 0.29) is 0 Å². The van der Waals surface area contributed by atoms with Crippen LogP contribution in [-0.4, -0.2) is 11.6 Å². The van der Waals surface area contributed by atoms with E-state index in [2.05, 4.69) is 4.98 Å². The highest BCUT2D eigenvalue weighted by molar-refractivity contribution is 6.36. The Morgan fingerprint density at radius 3 is 3.00 bits per heavy atom. The summed E-state index contributed by atoms with van der Waals surface area (Å²) in [5, 5.41) is 10.1. The summed E-state index contributed by atoms with van der Waals surface area (Å²) < 4.78 is 5.59. The van der Waals surface area contributed by atoms with E-state index in [9.17, 15) is 0 Å². The molecule has 2 rings (SSSR count). The van der Waals surface area contributed by atoms with Crippen LogP contribution in [0.3, 0.4) is 0 Å². The third-order valence-electron chi connectivity index (χ3n) is 2.38. The summed E-state index contributed by atoms with van der Waals surface area (Å²) in [6, 6.07) is 7.56. The summed E-state index contributed by atoms with van der Waals surface area (Å²) in [6.07, 6.45) is 2.41. The van der Waals surface area contributed by atoms with E-state index < -0.39 is 0 Å². The lowest BCUT2D eigenvalue weighted by molar-refractivity contribution is 0.320. The fourth-order valence-corrected chi connectivity index (χ4v) is 1.81. The second-order valence-electron chi connectivity index (χ2n) is 3.60. The van der Waals surface area contributed by atoms with Gasteiger partial charge in [-0.2, -0.15) is 5.26 Å². The molecule has 4 heteroatoms. The van der Waals surface area contributed by atoms with Crippen LogP contribution in [0.1, 0.15) is 18.9 Å². The first-order valence-electron chi connectivity index (χ1n) is 5.38. The number of hydrogen-bond acceptors (Lipinski definition) is 3. The maximum Gasteiger partial charge on any atom is 0.145 e. The zero-order valence-corrected chi connectivity index (χ0v) is 10.2. The van der Waals surface area contributed by atoms with Crippen LogP contribution in [0.15, 0.2) is 24.4 Å². The molecule has 0 atom stereocenters. The van der Waals surface area contributed by atoms with Gasteiger partial charge < -0.3 is 4.74 Å². The Hall–Kier alpha value is -1.79. The van der Waals surface area contributed by atoms with Crippen LogP contribution in [-0.2, 0) is 0 Å². The molecule has 0 spiro atoms. The van der Waals surface area contributed by atoms with Crippen molar-refractivity contribution in [1.29, 1.82) is 5.26 Å². The lowest BCUT2D eigenvalue weighted by Crippen LogP contribution is -1.97. The number of pyridine rings is 1. The molecule has 3 nitrogen and oxygen atoms in total. The Bertz CT molecular complexity index is 590. The first kappa shape index (κ1) is 11.7. The largest absolute Gasteiger partial charge is 0.491 e. The fraction of sp³-hybridized carbons (Fsp3) is 0.231. The average molecular weight is 247 g/mol. The molecular weight excluding hydrogens is 236 g/mol. The van der Waals surface area contributed by atoms with E-state index in [1.165, 1.54) is 6.20 Å². The highest BCUT2D eigenvalue weighted by atomic mass is 35.5. The van der Waals surface area contributed by atoms with Crippen molar-refractivity contribution in [2.24, 2.45) is 0 Å². The number of benzene rings is 1. The molecule has 0 aliphatic carbocycles. The summed E-state index contributed by atoms with van der Waals surface area (Å²) in [5.41, 5.74) is 1.08. The predicted molar refractivity (Wildman–Crippen MR) is 67.3 cm³/mol. The summed E-state index contributed by atoms with van der Waals surface area (Å²) >= 11 is 6.13. The van der Waals surface area contributed by atoms with E-state index in [1.54, 1.807) is 0 Å². The quantitative estimate of drug-likeness (QED) is 0.832. The number of halogens is 1. The van der Waals surface area contributed by atoms with E-state index in [0.29, 0.717) is 28.5 Å². The zero-order valence-electron chi connectivity index (χ0n) is 9.40. The van der Waals surface area contributed by atoms with Gasteiger partial charge in [-0.3, -0.25) is 4.98 Å². The Morgan fingerprint density at radius 1 is 1.47 bits per heavy atom. The molecule has 0 N–H and O–H groups in total. The zero-order chi connectivity index (χ0) is 12.3. The van der Waals surface area contributed by atoms with Gasteiger partial charge in [0, 0.05) is 11.6 Å². The van der Waals surface area contributed by atoms with Crippen molar-refractivity contribution in [2.75, 3.05) is 6.61 Å². The molecule has 0 aliphatic rings. The predicted octanol–water partition coefficient (Wildman–Crippen LogP) is 3.55. The van der Waals surface area contributed by atoms with Gasteiger partial charge in [-0.15, -0.1) is 0 Å². The Labute approximate surface area is 105 Å². The molecule has 0 saturated carbocycles. The topological polar surface area (TPSA) is 45.9 Å². The number of ether oxygens (including phenoxy) is 1. The van der Waals surface area contributed by atoms with Crippen LogP contribution in [0.4, 0.5) is 0 Å². The number of aromatic nitrogens is 1. The van der Waals surface area contributed by atoms with Crippen molar-refractivity contribution >= 4 is 22.5 Å². The van der Waals surface area contributed by atoms with Crippen LogP contribution < -0.4 is 4.74 Å². The maximum atomic E-state index is 8.88. The number of hydrogen-bond donors (Lipinski definition) is 0. The van der Waals surface area contributed by atoms with Gasteiger partial charge >= 0.3 is 0 Å².